The minimum atomic E-state index is -5.86. The Hall–Kier alpha value is -1.97. The van der Waals surface area contributed by atoms with E-state index in [9.17, 15) is 26.4 Å². The highest BCUT2D eigenvalue weighted by atomic mass is 32.2. The molecule has 0 aromatic heterocycles. The maximum atomic E-state index is 12.4. The molecule has 0 heterocycles. The van der Waals surface area contributed by atoms with Gasteiger partial charge in [-0.15, -0.1) is 0 Å². The van der Waals surface area contributed by atoms with E-state index >= 15 is 0 Å². The van der Waals surface area contributed by atoms with Crippen molar-refractivity contribution < 1.29 is 40.0 Å². The molecule has 0 aliphatic rings. The Kier molecular flexibility index (Phi) is 5.28. The number of ether oxygens (including phenoxy) is 2. The first-order valence-corrected chi connectivity index (χ1v) is 7.30. The molecule has 0 aliphatic carbocycles. The van der Waals surface area contributed by atoms with E-state index in [2.05, 4.69) is 8.92 Å². The van der Waals surface area contributed by atoms with E-state index < -0.39 is 27.3 Å². The van der Waals surface area contributed by atoms with Gasteiger partial charge in [-0.3, -0.25) is 0 Å². The van der Waals surface area contributed by atoms with Gasteiger partial charge in [-0.1, -0.05) is 0 Å². The lowest BCUT2D eigenvalue weighted by Crippen LogP contribution is -2.28. The first kappa shape index (κ1) is 18.1. The summed E-state index contributed by atoms with van der Waals surface area (Å²) in [5.74, 6) is -1.53. The van der Waals surface area contributed by atoms with Crippen LogP contribution in [0, 0.1) is 6.92 Å². The number of carbonyl (C=O) groups excluding carboxylic acids is 1. The van der Waals surface area contributed by atoms with Crippen LogP contribution in [0.5, 0.6) is 11.5 Å². The van der Waals surface area contributed by atoms with Crippen LogP contribution in [0.1, 0.15) is 22.8 Å². The molecule has 0 bridgehead atoms. The summed E-state index contributed by atoms with van der Waals surface area (Å²) in [5, 5.41) is 0. The number of methoxy groups -OCH3 is 1. The molecule has 0 atom stereocenters. The topological polar surface area (TPSA) is 78.9 Å². The zero-order valence-corrected chi connectivity index (χ0v) is 12.7. The van der Waals surface area contributed by atoms with Crippen LogP contribution in [-0.4, -0.2) is 33.6 Å². The number of carbonyl (C=O) groups is 1. The second kappa shape index (κ2) is 6.42. The minimum absolute atomic E-state index is 0.00216. The molecular formula is C12H13F3O6S. The van der Waals surface area contributed by atoms with Crippen LogP contribution < -0.4 is 8.92 Å². The van der Waals surface area contributed by atoms with Crippen molar-refractivity contribution in [2.75, 3.05) is 13.7 Å². The molecule has 0 radical (unpaired) electrons. The van der Waals surface area contributed by atoms with Crippen molar-refractivity contribution in [3.05, 3.63) is 23.3 Å². The van der Waals surface area contributed by atoms with Gasteiger partial charge < -0.3 is 13.7 Å². The molecule has 0 fully saturated rings. The van der Waals surface area contributed by atoms with Gasteiger partial charge in [0.15, 0.2) is 0 Å². The van der Waals surface area contributed by atoms with Gasteiger partial charge in [0.05, 0.1) is 19.3 Å². The third kappa shape index (κ3) is 3.81. The molecule has 1 aromatic carbocycles. The lowest BCUT2D eigenvalue weighted by Gasteiger charge is -2.15. The van der Waals surface area contributed by atoms with Crippen molar-refractivity contribution in [3.63, 3.8) is 0 Å². The zero-order chi connectivity index (χ0) is 17.1. The van der Waals surface area contributed by atoms with Crippen molar-refractivity contribution in [1.82, 2.24) is 0 Å². The molecule has 0 amide bonds. The Morgan fingerprint density at radius 1 is 1.23 bits per heavy atom. The summed E-state index contributed by atoms with van der Waals surface area (Å²) in [6.45, 7) is 3.06. The molecule has 1 rings (SSSR count). The van der Waals surface area contributed by atoms with E-state index in [1.54, 1.807) is 6.92 Å². The van der Waals surface area contributed by atoms with Gasteiger partial charge >= 0.3 is 21.6 Å². The Morgan fingerprint density at radius 3 is 2.23 bits per heavy atom. The second-order valence-electron chi connectivity index (χ2n) is 4.01. The van der Waals surface area contributed by atoms with Gasteiger partial charge in [0.1, 0.15) is 11.5 Å². The molecule has 1 aromatic rings. The fourth-order valence-electron chi connectivity index (χ4n) is 1.46. The predicted octanol–water partition coefficient (Wildman–Crippen LogP) is 2.41. The lowest BCUT2D eigenvalue weighted by molar-refractivity contribution is -0.0500. The molecule has 0 spiro atoms. The van der Waals surface area contributed by atoms with Gasteiger partial charge in [0, 0.05) is 5.56 Å². The van der Waals surface area contributed by atoms with Crippen molar-refractivity contribution >= 4 is 16.1 Å². The Morgan fingerprint density at radius 2 is 1.77 bits per heavy atom. The Bertz CT molecular complexity index is 666. The summed E-state index contributed by atoms with van der Waals surface area (Å²) >= 11 is 0. The molecule has 6 nitrogen and oxygen atoms in total. The molecule has 0 saturated heterocycles. The lowest BCUT2D eigenvalue weighted by atomic mass is 10.1. The summed E-state index contributed by atoms with van der Waals surface area (Å²) in [4.78, 5) is 11.5. The highest BCUT2D eigenvalue weighted by Gasteiger charge is 2.48. The van der Waals surface area contributed by atoms with Gasteiger partial charge in [-0.25, -0.2) is 4.79 Å². The Labute approximate surface area is 124 Å². The van der Waals surface area contributed by atoms with Crippen molar-refractivity contribution in [2.24, 2.45) is 0 Å². The maximum absolute atomic E-state index is 12.4. The average Bonchev–Trinajstić information content (AvgIpc) is 2.40. The highest BCUT2D eigenvalue weighted by molar-refractivity contribution is 7.88. The number of alkyl halides is 3. The van der Waals surface area contributed by atoms with E-state index in [1.807, 2.05) is 0 Å². The second-order valence-corrected chi connectivity index (χ2v) is 5.54. The molecule has 10 heteroatoms. The van der Waals surface area contributed by atoms with E-state index in [1.165, 1.54) is 13.0 Å². The fourth-order valence-corrected chi connectivity index (χ4v) is 1.96. The molecule has 22 heavy (non-hydrogen) atoms. The highest BCUT2D eigenvalue weighted by Crippen LogP contribution is 2.34. The number of hydrogen-bond acceptors (Lipinski definition) is 6. The summed E-state index contributed by atoms with van der Waals surface area (Å²) in [6.07, 6.45) is 0. The normalized spacial score (nSPS) is 11.9. The van der Waals surface area contributed by atoms with Crippen LogP contribution >= 0.6 is 0 Å². The number of benzene rings is 1. The van der Waals surface area contributed by atoms with Gasteiger partial charge in [0.25, 0.3) is 0 Å². The van der Waals surface area contributed by atoms with E-state index in [0.29, 0.717) is 0 Å². The molecular weight excluding hydrogens is 329 g/mol. The first-order valence-electron chi connectivity index (χ1n) is 5.90. The van der Waals surface area contributed by atoms with Crippen molar-refractivity contribution in [1.29, 1.82) is 0 Å². The SMILES string of the molecule is CCOc1cc(C(=O)OC)cc(OS(=O)(=O)C(F)(F)F)c1C. The van der Waals surface area contributed by atoms with Crippen LogP contribution in [0.2, 0.25) is 0 Å². The van der Waals surface area contributed by atoms with Crippen LogP contribution in [-0.2, 0) is 14.9 Å². The summed E-state index contributed by atoms with van der Waals surface area (Å²) < 4.78 is 73.0. The number of hydrogen-bond donors (Lipinski definition) is 0. The van der Waals surface area contributed by atoms with Gasteiger partial charge in [-0.05, 0) is 26.0 Å². The molecule has 0 saturated carbocycles. The number of rotatable bonds is 5. The number of esters is 1. The van der Waals surface area contributed by atoms with E-state index in [-0.39, 0.29) is 23.5 Å². The third-order valence-electron chi connectivity index (χ3n) is 2.52. The summed E-state index contributed by atoms with van der Waals surface area (Å²) in [6, 6.07) is 2.06. The summed E-state index contributed by atoms with van der Waals surface area (Å²) in [5.41, 5.74) is -5.79. The van der Waals surface area contributed by atoms with Crippen LogP contribution in [0.15, 0.2) is 12.1 Å². The monoisotopic (exact) mass is 342 g/mol. The molecule has 0 unspecified atom stereocenters. The van der Waals surface area contributed by atoms with Crippen LogP contribution in [0.3, 0.4) is 0 Å². The van der Waals surface area contributed by atoms with E-state index in [4.69, 9.17) is 4.74 Å². The summed E-state index contributed by atoms with van der Waals surface area (Å²) in [7, 11) is -4.80. The molecule has 0 aliphatic heterocycles. The molecule has 0 N–H and O–H groups in total. The van der Waals surface area contributed by atoms with Crippen LogP contribution in [0.4, 0.5) is 13.2 Å². The fraction of sp³-hybridized carbons (Fsp3) is 0.417. The Balaban J connectivity index is 3.40. The van der Waals surface area contributed by atoms with Gasteiger partial charge in [0.2, 0.25) is 0 Å². The third-order valence-corrected chi connectivity index (χ3v) is 3.48. The minimum Gasteiger partial charge on any atom is -0.493 e. The van der Waals surface area contributed by atoms with E-state index in [0.717, 1.165) is 13.2 Å². The predicted molar refractivity (Wildman–Crippen MR) is 69.3 cm³/mol. The standard InChI is InChI=1S/C12H13F3O6S/c1-4-20-9-5-8(11(16)19-3)6-10(7(9)2)21-22(17,18)12(13,14)15/h5-6H,4H2,1-3H3. The van der Waals surface area contributed by atoms with Gasteiger partial charge in [-0.2, -0.15) is 21.6 Å². The van der Waals surface area contributed by atoms with Crippen molar-refractivity contribution in [3.8, 4) is 11.5 Å². The quantitative estimate of drug-likeness (QED) is 0.464. The zero-order valence-electron chi connectivity index (χ0n) is 11.9. The maximum Gasteiger partial charge on any atom is 0.534 e. The van der Waals surface area contributed by atoms with Crippen LogP contribution in [0.25, 0.3) is 0 Å². The number of halogens is 3. The largest absolute Gasteiger partial charge is 0.534 e. The molecule has 124 valence electrons. The smallest absolute Gasteiger partial charge is 0.493 e. The first-order chi connectivity index (χ1) is 10.0. The average molecular weight is 342 g/mol. The van der Waals surface area contributed by atoms with Crippen molar-refractivity contribution in [2.45, 2.75) is 19.4 Å².